The highest BCUT2D eigenvalue weighted by molar-refractivity contribution is 6.50. The van der Waals surface area contributed by atoms with Gasteiger partial charge in [-0.3, -0.25) is 0 Å². The fourth-order valence-corrected chi connectivity index (χ4v) is 2.71. The van der Waals surface area contributed by atoms with Crippen LogP contribution in [0, 0.1) is 5.39 Å². The maximum Gasteiger partial charge on any atom is 0.673 e. The van der Waals surface area contributed by atoms with Crippen molar-refractivity contribution in [1.29, 1.82) is 5.39 Å². The lowest BCUT2D eigenvalue weighted by Gasteiger charge is -2.30. The van der Waals surface area contributed by atoms with E-state index in [9.17, 15) is 22.7 Å². The van der Waals surface area contributed by atoms with Gasteiger partial charge in [0.05, 0.1) is 37.7 Å². The average Bonchev–Trinajstić information content (AvgIpc) is 2.70. The molecule has 1 fully saturated rings. The molecule has 1 unspecified atom stereocenters. The van der Waals surface area contributed by atoms with Crippen molar-refractivity contribution in [2.75, 3.05) is 37.8 Å². The van der Waals surface area contributed by atoms with Gasteiger partial charge in [0.1, 0.15) is 0 Å². The van der Waals surface area contributed by atoms with Gasteiger partial charge in [-0.25, -0.2) is 0 Å². The van der Waals surface area contributed by atoms with Crippen molar-refractivity contribution in [3.63, 3.8) is 0 Å². The van der Waals surface area contributed by atoms with Gasteiger partial charge >= 0.3 is 12.9 Å². The summed E-state index contributed by atoms with van der Waals surface area (Å²) in [5.74, 6) is 1.32. The van der Waals surface area contributed by atoms with E-state index in [1.165, 1.54) is 0 Å². The Morgan fingerprint density at radius 2 is 1.77 bits per heavy atom. The van der Waals surface area contributed by atoms with Crippen LogP contribution >= 0.6 is 0 Å². The molecule has 0 aromatic heterocycles. The number of rotatable bonds is 9. The molecule has 170 valence electrons. The number of benzene rings is 1. The van der Waals surface area contributed by atoms with Crippen LogP contribution in [0.25, 0.3) is 4.98 Å². The van der Waals surface area contributed by atoms with Crippen LogP contribution in [0.3, 0.4) is 0 Å². The van der Waals surface area contributed by atoms with Crippen molar-refractivity contribution in [3.8, 4) is 11.5 Å². The summed E-state index contributed by atoms with van der Waals surface area (Å²) in [5.41, 5.74) is 1.38. The Morgan fingerprint density at radius 3 is 2.30 bits per heavy atom. The molecule has 0 saturated carbocycles. The lowest BCUT2D eigenvalue weighted by Crippen LogP contribution is -2.36. The predicted octanol–water partition coefficient (Wildman–Crippen LogP) is 6.05. The molecule has 0 spiro atoms. The average molecular weight is 435 g/mol. The Balaban J connectivity index is 0.000000804. The number of unbranched alkanes of at least 4 members (excludes halogenated alkanes) is 2. The number of halogens is 4. The maximum absolute atomic E-state index is 9.75. The summed E-state index contributed by atoms with van der Waals surface area (Å²) in [4.78, 5) is 5.64. The molecule has 1 saturated heterocycles. The summed E-state index contributed by atoms with van der Waals surface area (Å²) in [6.07, 6.45) is 4.24. The minimum atomic E-state index is -6.00. The second-order valence-electron chi connectivity index (χ2n) is 6.87. The minimum Gasteiger partial charge on any atom is -0.488 e. The van der Waals surface area contributed by atoms with Crippen molar-refractivity contribution in [3.05, 3.63) is 17.1 Å². The normalized spacial score (nSPS) is 14.9. The first-order chi connectivity index (χ1) is 14.2. The molecule has 1 heterocycles. The molecule has 0 amide bonds. The quantitative estimate of drug-likeness (QED) is 0.204. The van der Waals surface area contributed by atoms with Crippen molar-refractivity contribution in [1.82, 2.24) is 0 Å². The van der Waals surface area contributed by atoms with Gasteiger partial charge in [0.15, 0.2) is 10.7 Å². The number of hydrogen-bond donors (Lipinski definition) is 0. The van der Waals surface area contributed by atoms with Gasteiger partial charge in [0.25, 0.3) is 0 Å². The van der Waals surface area contributed by atoms with Gasteiger partial charge in [0.2, 0.25) is 11.1 Å². The highest BCUT2D eigenvalue weighted by Gasteiger charge is 2.25. The summed E-state index contributed by atoms with van der Waals surface area (Å²) >= 11 is 0. The molecular formula is C19H30BF4N3O3. The topological polar surface area (TPSA) is 59.1 Å². The first-order valence-corrected chi connectivity index (χ1v) is 10.2. The number of nitrogens with zero attached hydrogens (tertiary/aromatic N) is 3. The maximum atomic E-state index is 9.75. The van der Waals surface area contributed by atoms with E-state index in [4.69, 9.17) is 14.2 Å². The van der Waals surface area contributed by atoms with Crippen molar-refractivity contribution in [2.45, 2.75) is 52.6 Å². The monoisotopic (exact) mass is 435 g/mol. The highest BCUT2D eigenvalue weighted by atomic mass is 19.5. The molecule has 0 bridgehead atoms. The molecule has 2 rings (SSSR count). The summed E-state index contributed by atoms with van der Waals surface area (Å²) in [6, 6.07) is 3.70. The predicted molar refractivity (Wildman–Crippen MR) is 110 cm³/mol. The Labute approximate surface area is 175 Å². The van der Waals surface area contributed by atoms with E-state index in [0.717, 1.165) is 50.2 Å². The van der Waals surface area contributed by atoms with Gasteiger partial charge in [-0.15, -0.1) is 0 Å². The van der Waals surface area contributed by atoms with Crippen LogP contribution in [0.2, 0.25) is 0 Å². The minimum absolute atomic E-state index is 0.0858. The zero-order chi connectivity index (χ0) is 22.6. The smallest absolute Gasteiger partial charge is 0.488 e. The van der Waals surface area contributed by atoms with Crippen LogP contribution in [0.4, 0.5) is 28.6 Å². The Bertz CT molecular complexity index is 674. The molecule has 30 heavy (non-hydrogen) atoms. The second-order valence-corrected chi connectivity index (χ2v) is 6.87. The summed E-state index contributed by atoms with van der Waals surface area (Å²) < 4.78 is 56.4. The summed E-state index contributed by atoms with van der Waals surface area (Å²) in [5, 5.41) is 9.39. The molecule has 1 aromatic carbocycles. The van der Waals surface area contributed by atoms with E-state index >= 15 is 0 Å². The van der Waals surface area contributed by atoms with E-state index in [2.05, 4.69) is 23.7 Å². The molecule has 1 atom stereocenters. The lowest BCUT2D eigenvalue weighted by atomic mass is 10.2. The zero-order valence-corrected chi connectivity index (χ0v) is 17.8. The van der Waals surface area contributed by atoms with E-state index in [0.29, 0.717) is 31.3 Å². The van der Waals surface area contributed by atoms with Crippen LogP contribution in [-0.2, 0) is 4.74 Å². The number of ether oxygens (including phenoxy) is 3. The fourth-order valence-electron chi connectivity index (χ4n) is 2.71. The lowest BCUT2D eigenvalue weighted by molar-refractivity contribution is 0.122. The van der Waals surface area contributed by atoms with Crippen molar-refractivity contribution in [2.24, 2.45) is 0 Å². The third kappa shape index (κ3) is 10.0. The second kappa shape index (κ2) is 13.2. The number of anilines is 1. The Hall–Kier alpha value is -2.22. The SMILES string of the molecule is CCCCCOc1cc(N2CCOCC2)c(OC(C)CC)cc1[N+]#N.F[B-](F)(F)F. The Kier molecular flexibility index (Phi) is 11.3. The highest BCUT2D eigenvalue weighted by Crippen LogP contribution is 2.41. The number of hydrogen-bond acceptors (Lipinski definition) is 5. The van der Waals surface area contributed by atoms with Crippen LogP contribution in [0.1, 0.15) is 46.5 Å². The molecule has 0 N–H and O–H groups in total. The molecule has 1 aliphatic rings. The van der Waals surface area contributed by atoms with Gasteiger partial charge in [-0.2, -0.15) is 0 Å². The van der Waals surface area contributed by atoms with E-state index in [1.54, 1.807) is 6.07 Å². The first kappa shape index (κ1) is 25.8. The standard InChI is InChI=1S/C19H30N3O3.BF4/c1-4-6-7-10-24-18-14-17(22-8-11-23-12-9-22)19(13-16(18)21-20)25-15(3)5-2;2-1(3,4)5/h13-15H,4-12H2,1-3H3;/q+1;-1. The molecule has 0 aliphatic carbocycles. The molecule has 6 nitrogen and oxygen atoms in total. The molecule has 1 aromatic rings. The molecule has 0 radical (unpaired) electrons. The van der Waals surface area contributed by atoms with Crippen LogP contribution in [0.5, 0.6) is 11.5 Å². The fraction of sp³-hybridized carbons (Fsp3) is 0.684. The third-order valence-electron chi connectivity index (χ3n) is 4.41. The van der Waals surface area contributed by atoms with E-state index in [1.807, 2.05) is 13.0 Å². The Morgan fingerprint density at radius 1 is 1.13 bits per heavy atom. The largest absolute Gasteiger partial charge is 0.673 e. The van der Waals surface area contributed by atoms with Crippen LogP contribution in [0.15, 0.2) is 12.1 Å². The van der Waals surface area contributed by atoms with Crippen LogP contribution < -0.4 is 14.4 Å². The summed E-state index contributed by atoms with van der Waals surface area (Å²) in [6.45, 7) is 9.90. The number of morpholine rings is 1. The number of diazo groups is 1. The van der Waals surface area contributed by atoms with E-state index in [-0.39, 0.29) is 6.10 Å². The van der Waals surface area contributed by atoms with Crippen LogP contribution in [-0.4, -0.2) is 46.3 Å². The van der Waals surface area contributed by atoms with Gasteiger partial charge < -0.3 is 36.4 Å². The van der Waals surface area contributed by atoms with Crippen molar-refractivity contribution < 1.29 is 31.5 Å². The van der Waals surface area contributed by atoms with Gasteiger partial charge in [-0.1, -0.05) is 26.7 Å². The zero-order valence-electron chi connectivity index (χ0n) is 17.8. The van der Waals surface area contributed by atoms with Gasteiger partial charge in [-0.05, 0) is 19.8 Å². The summed E-state index contributed by atoms with van der Waals surface area (Å²) in [7, 11) is -6.00. The third-order valence-corrected chi connectivity index (χ3v) is 4.41. The van der Waals surface area contributed by atoms with Crippen molar-refractivity contribution >= 4 is 18.6 Å². The molecule has 1 aliphatic heterocycles. The molecule has 11 heteroatoms. The van der Waals surface area contributed by atoms with Gasteiger partial charge in [0, 0.05) is 19.2 Å². The first-order valence-electron chi connectivity index (χ1n) is 10.2. The molecular weight excluding hydrogens is 405 g/mol. The van der Waals surface area contributed by atoms with E-state index < -0.39 is 7.25 Å².